The predicted molar refractivity (Wildman–Crippen MR) is 222 cm³/mol. The van der Waals surface area contributed by atoms with Gasteiger partial charge in [0.15, 0.2) is 5.65 Å². The molecule has 0 N–H and O–H groups in total. The van der Waals surface area contributed by atoms with Gasteiger partial charge in [0.1, 0.15) is 24.5 Å². The molecule has 5 heterocycles. The molecule has 5 aromatic heterocycles. The topological polar surface area (TPSA) is 116 Å². The van der Waals surface area contributed by atoms with Crippen LogP contribution in [0.2, 0.25) is 0 Å². The Morgan fingerprint density at radius 3 is 1.35 bits per heavy atom. The number of nitrogens with zero attached hydrogens (tertiary/aromatic N) is 9. The number of rotatable bonds is 3. The fraction of sp³-hybridized carbons (Fsp3) is 0.500. The van der Waals surface area contributed by atoms with Crippen LogP contribution in [0.1, 0.15) is 159 Å². The van der Waals surface area contributed by atoms with E-state index in [0.29, 0.717) is 23.4 Å². The van der Waals surface area contributed by atoms with Crippen LogP contribution in [0.4, 0.5) is 0 Å². The van der Waals surface area contributed by atoms with E-state index in [0.717, 1.165) is 39.0 Å². The second-order valence-electron chi connectivity index (χ2n) is 9.88. The highest BCUT2D eigenvalue weighted by atomic mass is 15.0. The van der Waals surface area contributed by atoms with E-state index in [1.807, 2.05) is 114 Å². The fourth-order valence-electron chi connectivity index (χ4n) is 4.10. The Hall–Kier alpha value is -4.53. The minimum absolute atomic E-state index is 0.349. The first kappa shape index (κ1) is 50.8. The molecule has 0 amide bonds. The van der Waals surface area contributed by atoms with E-state index in [4.69, 9.17) is 0 Å². The monoisotopic (exact) mass is 700 g/mol. The van der Waals surface area contributed by atoms with Crippen LogP contribution in [-0.2, 0) is 0 Å². The summed E-state index contributed by atoms with van der Waals surface area (Å²) in [6.07, 6.45) is 11.7. The molecule has 6 aromatic rings. The molecule has 0 bridgehead atoms. The van der Waals surface area contributed by atoms with Crippen LogP contribution in [-0.4, -0.2) is 44.9 Å². The normalized spacial score (nSPS) is 9.12. The highest BCUT2D eigenvalue weighted by molar-refractivity contribution is 5.81. The second kappa shape index (κ2) is 32.7. The summed E-state index contributed by atoms with van der Waals surface area (Å²) in [6, 6.07) is 10.0. The van der Waals surface area contributed by atoms with Crippen molar-refractivity contribution < 1.29 is 0 Å². The summed E-state index contributed by atoms with van der Waals surface area (Å²) in [5.41, 5.74) is 6.62. The zero-order valence-electron chi connectivity index (χ0n) is 35.2. The summed E-state index contributed by atoms with van der Waals surface area (Å²) < 4.78 is 0. The summed E-state index contributed by atoms with van der Waals surface area (Å²) in [5, 5.41) is 2.22. The number of hydrogen-bond acceptors (Lipinski definition) is 9. The average Bonchev–Trinajstić information content (AvgIpc) is 3.22. The van der Waals surface area contributed by atoms with Crippen molar-refractivity contribution in [3.05, 3.63) is 91.2 Å². The van der Waals surface area contributed by atoms with Crippen LogP contribution in [0.3, 0.4) is 0 Å². The molecule has 0 aliphatic carbocycles. The standard InChI is InChI=1S/C11H12N2.C10H11N3.C9H10N4.6C2H6/c1-8(2)11-9-5-3-4-6-10(9)12-7-13-11;1-7(2)10-8-5-11-4-3-9(8)12-6-13-10;1-6(2)7-8-9(13-5-12-7)11-4-3-10-8;6*1-2/h3-8H,1-2H3;3-7H,1-2H3;3-6H,1-2H3;6*1-2H3. The highest BCUT2D eigenvalue weighted by Crippen LogP contribution is 2.21. The lowest BCUT2D eigenvalue weighted by Crippen LogP contribution is -1.98. The van der Waals surface area contributed by atoms with Gasteiger partial charge in [-0.2, -0.15) is 0 Å². The van der Waals surface area contributed by atoms with E-state index in [9.17, 15) is 0 Å². The molecule has 0 aliphatic rings. The van der Waals surface area contributed by atoms with E-state index in [1.54, 1.807) is 31.2 Å². The molecule has 0 unspecified atom stereocenters. The number of hydrogen-bond donors (Lipinski definition) is 0. The second-order valence-corrected chi connectivity index (χ2v) is 9.88. The maximum absolute atomic E-state index is 4.30. The van der Waals surface area contributed by atoms with Crippen molar-refractivity contribution in [3.63, 3.8) is 0 Å². The third kappa shape index (κ3) is 17.3. The molecular weight excluding hydrogens is 631 g/mol. The van der Waals surface area contributed by atoms with E-state index in [2.05, 4.69) is 92.5 Å². The third-order valence-corrected chi connectivity index (χ3v) is 5.98. The van der Waals surface area contributed by atoms with Crippen LogP contribution in [0.5, 0.6) is 0 Å². The Balaban J connectivity index is -0.000000589. The van der Waals surface area contributed by atoms with Crippen LogP contribution < -0.4 is 0 Å². The smallest absolute Gasteiger partial charge is 0.181 e. The van der Waals surface area contributed by atoms with E-state index in [-0.39, 0.29) is 0 Å². The molecule has 0 saturated carbocycles. The maximum atomic E-state index is 4.30. The molecule has 0 radical (unpaired) electrons. The summed E-state index contributed by atoms with van der Waals surface area (Å²) in [6.45, 7) is 36.7. The summed E-state index contributed by atoms with van der Waals surface area (Å²) in [4.78, 5) is 37.6. The van der Waals surface area contributed by atoms with Crippen molar-refractivity contribution in [1.29, 1.82) is 0 Å². The third-order valence-electron chi connectivity index (χ3n) is 5.98. The largest absolute Gasteiger partial charge is 0.264 e. The minimum atomic E-state index is 0.349. The lowest BCUT2D eigenvalue weighted by atomic mass is 10.1. The van der Waals surface area contributed by atoms with Crippen molar-refractivity contribution in [2.45, 2.75) is 142 Å². The molecule has 0 aliphatic heterocycles. The quantitative estimate of drug-likeness (QED) is 0.178. The van der Waals surface area contributed by atoms with Crippen molar-refractivity contribution in [3.8, 4) is 0 Å². The minimum Gasteiger partial charge on any atom is -0.264 e. The van der Waals surface area contributed by atoms with Crippen molar-refractivity contribution in [2.75, 3.05) is 0 Å². The van der Waals surface area contributed by atoms with E-state index >= 15 is 0 Å². The van der Waals surface area contributed by atoms with Gasteiger partial charge in [0.25, 0.3) is 0 Å². The first-order valence-corrected chi connectivity index (χ1v) is 19.0. The van der Waals surface area contributed by atoms with Gasteiger partial charge in [0.2, 0.25) is 0 Å². The molecule has 6 rings (SSSR count). The Morgan fingerprint density at radius 1 is 0.392 bits per heavy atom. The summed E-state index contributed by atoms with van der Waals surface area (Å²) in [7, 11) is 0. The number of aromatic nitrogens is 9. The van der Waals surface area contributed by atoms with Crippen LogP contribution in [0, 0.1) is 0 Å². The molecule has 51 heavy (non-hydrogen) atoms. The first-order chi connectivity index (χ1) is 24.9. The molecular formula is C42H69N9. The molecule has 0 atom stereocenters. The lowest BCUT2D eigenvalue weighted by molar-refractivity contribution is 0.822. The van der Waals surface area contributed by atoms with Crippen molar-refractivity contribution >= 4 is 33.0 Å². The first-order valence-electron chi connectivity index (χ1n) is 19.0. The van der Waals surface area contributed by atoms with Gasteiger partial charge in [0, 0.05) is 35.6 Å². The summed E-state index contributed by atoms with van der Waals surface area (Å²) >= 11 is 0. The van der Waals surface area contributed by atoms with E-state index in [1.165, 1.54) is 11.7 Å². The van der Waals surface area contributed by atoms with Gasteiger partial charge in [-0.05, 0) is 29.9 Å². The van der Waals surface area contributed by atoms with Gasteiger partial charge in [-0.1, -0.05) is 143 Å². The fourth-order valence-corrected chi connectivity index (χ4v) is 4.10. The Bertz CT molecular complexity index is 1460. The Kier molecular flexibility index (Phi) is 32.6. The number of benzene rings is 1. The van der Waals surface area contributed by atoms with Crippen LogP contribution in [0.15, 0.2) is 74.1 Å². The zero-order chi connectivity index (χ0) is 39.8. The SMILES string of the molecule is CC.CC.CC.CC.CC.CC.CC(C)c1ncnc2ccccc12.CC(C)c1ncnc2ccncc12.CC(C)c1ncnc2nccnc12. The highest BCUT2D eigenvalue weighted by Gasteiger charge is 2.09. The zero-order valence-corrected chi connectivity index (χ0v) is 35.2. The number of para-hydroxylation sites is 1. The van der Waals surface area contributed by atoms with Crippen LogP contribution in [0.25, 0.3) is 33.0 Å². The van der Waals surface area contributed by atoms with Crippen molar-refractivity contribution in [2.24, 2.45) is 0 Å². The van der Waals surface area contributed by atoms with Gasteiger partial charge >= 0.3 is 0 Å². The molecule has 9 nitrogen and oxygen atoms in total. The van der Waals surface area contributed by atoms with Crippen molar-refractivity contribution in [1.82, 2.24) is 44.9 Å². The van der Waals surface area contributed by atoms with Gasteiger partial charge in [0.05, 0.1) is 28.1 Å². The number of fused-ring (bicyclic) bond motifs is 3. The van der Waals surface area contributed by atoms with Gasteiger partial charge in [-0.3, -0.25) is 4.98 Å². The number of pyridine rings is 1. The molecule has 0 fully saturated rings. The maximum Gasteiger partial charge on any atom is 0.181 e. The molecule has 9 heteroatoms. The van der Waals surface area contributed by atoms with Crippen LogP contribution >= 0.6 is 0 Å². The molecule has 1 aromatic carbocycles. The van der Waals surface area contributed by atoms with Gasteiger partial charge in [-0.15, -0.1) is 0 Å². The molecule has 282 valence electrons. The summed E-state index contributed by atoms with van der Waals surface area (Å²) in [5.74, 6) is 1.21. The Labute approximate surface area is 310 Å². The molecule has 0 spiro atoms. The van der Waals surface area contributed by atoms with E-state index < -0.39 is 0 Å². The predicted octanol–water partition coefficient (Wildman–Crippen LogP) is 12.6. The van der Waals surface area contributed by atoms with Gasteiger partial charge < -0.3 is 0 Å². The average molecular weight is 700 g/mol. The van der Waals surface area contributed by atoms with Gasteiger partial charge in [-0.25, -0.2) is 39.9 Å². The lowest BCUT2D eigenvalue weighted by Gasteiger charge is -2.06. The Morgan fingerprint density at radius 2 is 0.824 bits per heavy atom. The molecule has 0 saturated heterocycles.